The standard InChI is InChI=1S/C18H26ClN3O2/c19-15-7-4-14(5-8-15)6-9-18(24)22-12-2-1-3-16(22)13-21-17(23)10-11-20/h4-5,7-8,16H,1-3,6,9-13,20H2,(H,21,23). The third-order valence-corrected chi connectivity index (χ3v) is 4.65. The molecule has 24 heavy (non-hydrogen) atoms. The topological polar surface area (TPSA) is 75.4 Å². The molecule has 1 aliphatic heterocycles. The molecule has 1 atom stereocenters. The van der Waals surface area contributed by atoms with E-state index in [1.807, 2.05) is 29.2 Å². The second-order valence-electron chi connectivity index (χ2n) is 6.21. The molecule has 0 saturated carbocycles. The van der Waals surface area contributed by atoms with Crippen molar-refractivity contribution in [2.75, 3.05) is 19.6 Å². The van der Waals surface area contributed by atoms with E-state index >= 15 is 0 Å². The summed E-state index contributed by atoms with van der Waals surface area (Å²) in [4.78, 5) is 26.1. The van der Waals surface area contributed by atoms with Gasteiger partial charge in [0.1, 0.15) is 0 Å². The number of amides is 2. The van der Waals surface area contributed by atoms with Gasteiger partial charge in [0.05, 0.1) is 0 Å². The molecular weight excluding hydrogens is 326 g/mol. The van der Waals surface area contributed by atoms with Crippen LogP contribution in [-0.4, -0.2) is 42.4 Å². The largest absolute Gasteiger partial charge is 0.354 e. The van der Waals surface area contributed by atoms with Gasteiger partial charge >= 0.3 is 0 Å². The summed E-state index contributed by atoms with van der Waals surface area (Å²) >= 11 is 5.88. The number of aryl methyl sites for hydroxylation is 1. The first-order valence-corrected chi connectivity index (χ1v) is 8.98. The highest BCUT2D eigenvalue weighted by atomic mass is 35.5. The Labute approximate surface area is 148 Å². The van der Waals surface area contributed by atoms with Gasteiger partial charge in [0, 0.05) is 43.5 Å². The lowest BCUT2D eigenvalue weighted by Gasteiger charge is -2.36. The molecule has 2 rings (SSSR count). The molecule has 5 nitrogen and oxygen atoms in total. The predicted molar refractivity (Wildman–Crippen MR) is 95.8 cm³/mol. The summed E-state index contributed by atoms with van der Waals surface area (Å²) in [6.45, 7) is 1.64. The molecule has 132 valence electrons. The maximum atomic E-state index is 12.6. The maximum absolute atomic E-state index is 12.6. The van der Waals surface area contributed by atoms with Gasteiger partial charge in [0.25, 0.3) is 0 Å². The summed E-state index contributed by atoms with van der Waals surface area (Å²) in [5, 5.41) is 3.59. The molecule has 0 aromatic heterocycles. The van der Waals surface area contributed by atoms with Crippen molar-refractivity contribution in [3.8, 4) is 0 Å². The number of hydrogen-bond acceptors (Lipinski definition) is 3. The lowest BCUT2D eigenvalue weighted by Crippen LogP contribution is -2.49. The summed E-state index contributed by atoms with van der Waals surface area (Å²) in [5.74, 6) is 0.111. The summed E-state index contributed by atoms with van der Waals surface area (Å²) in [5.41, 5.74) is 6.49. The number of nitrogens with one attached hydrogen (secondary N) is 1. The van der Waals surface area contributed by atoms with Crippen molar-refractivity contribution in [1.29, 1.82) is 0 Å². The number of benzene rings is 1. The molecule has 0 spiro atoms. The Morgan fingerprint density at radius 2 is 1.96 bits per heavy atom. The van der Waals surface area contributed by atoms with E-state index in [0.29, 0.717) is 37.4 Å². The van der Waals surface area contributed by atoms with Gasteiger partial charge in [-0.25, -0.2) is 0 Å². The smallest absolute Gasteiger partial charge is 0.223 e. The molecule has 0 radical (unpaired) electrons. The van der Waals surface area contributed by atoms with Crippen molar-refractivity contribution >= 4 is 23.4 Å². The Balaban J connectivity index is 1.85. The van der Waals surface area contributed by atoms with E-state index in [0.717, 1.165) is 31.4 Å². The van der Waals surface area contributed by atoms with Crippen LogP contribution in [0.2, 0.25) is 5.02 Å². The Bertz CT molecular complexity index is 548. The average Bonchev–Trinajstić information content (AvgIpc) is 2.60. The second kappa shape index (κ2) is 9.64. The Hall–Kier alpha value is -1.59. The van der Waals surface area contributed by atoms with Gasteiger partial charge in [0.15, 0.2) is 0 Å². The highest BCUT2D eigenvalue weighted by Gasteiger charge is 2.26. The number of piperidine rings is 1. The summed E-state index contributed by atoms with van der Waals surface area (Å²) in [6, 6.07) is 7.70. The van der Waals surface area contributed by atoms with E-state index in [2.05, 4.69) is 5.32 Å². The lowest BCUT2D eigenvalue weighted by molar-refractivity contribution is -0.135. The van der Waals surface area contributed by atoms with E-state index in [-0.39, 0.29) is 17.9 Å². The zero-order valence-corrected chi connectivity index (χ0v) is 14.7. The van der Waals surface area contributed by atoms with Crippen LogP contribution in [-0.2, 0) is 16.0 Å². The summed E-state index contributed by atoms with van der Waals surface area (Å²) in [6.07, 6.45) is 4.58. The first-order chi connectivity index (χ1) is 11.6. The van der Waals surface area contributed by atoms with E-state index in [1.54, 1.807) is 0 Å². The van der Waals surface area contributed by atoms with Crippen LogP contribution in [0.4, 0.5) is 0 Å². The van der Waals surface area contributed by atoms with Crippen LogP contribution in [0.15, 0.2) is 24.3 Å². The van der Waals surface area contributed by atoms with Crippen LogP contribution < -0.4 is 11.1 Å². The number of hydrogen-bond donors (Lipinski definition) is 2. The minimum Gasteiger partial charge on any atom is -0.354 e. The van der Waals surface area contributed by atoms with E-state index in [4.69, 9.17) is 17.3 Å². The Kier molecular flexibility index (Phi) is 7.53. The fourth-order valence-electron chi connectivity index (χ4n) is 3.04. The van der Waals surface area contributed by atoms with Crippen molar-refractivity contribution in [3.05, 3.63) is 34.9 Å². The third-order valence-electron chi connectivity index (χ3n) is 4.39. The molecule has 1 saturated heterocycles. The molecule has 0 bridgehead atoms. The number of carbonyl (C=O) groups excluding carboxylic acids is 2. The molecule has 3 N–H and O–H groups in total. The molecule has 1 aromatic rings. The fraction of sp³-hybridized carbons (Fsp3) is 0.556. The van der Waals surface area contributed by atoms with Crippen LogP contribution in [0, 0.1) is 0 Å². The minimum atomic E-state index is -0.0448. The van der Waals surface area contributed by atoms with E-state index in [9.17, 15) is 9.59 Å². The first-order valence-electron chi connectivity index (χ1n) is 8.61. The van der Waals surface area contributed by atoms with Crippen molar-refractivity contribution in [1.82, 2.24) is 10.2 Å². The number of rotatable bonds is 7. The molecule has 1 aromatic carbocycles. The zero-order valence-electron chi connectivity index (χ0n) is 14.0. The molecule has 6 heteroatoms. The number of nitrogens with zero attached hydrogens (tertiary/aromatic N) is 1. The van der Waals surface area contributed by atoms with Gasteiger partial charge in [-0.05, 0) is 43.4 Å². The Morgan fingerprint density at radius 1 is 1.21 bits per heavy atom. The van der Waals surface area contributed by atoms with Gasteiger partial charge in [-0.1, -0.05) is 23.7 Å². The van der Waals surface area contributed by atoms with Crippen molar-refractivity contribution < 1.29 is 9.59 Å². The minimum absolute atomic E-state index is 0.0448. The molecule has 1 fully saturated rings. The third kappa shape index (κ3) is 5.80. The van der Waals surface area contributed by atoms with Crippen LogP contribution in [0.25, 0.3) is 0 Å². The van der Waals surface area contributed by atoms with Crippen molar-refractivity contribution in [2.24, 2.45) is 5.73 Å². The maximum Gasteiger partial charge on any atom is 0.223 e. The molecule has 0 aliphatic carbocycles. The van der Waals surface area contributed by atoms with Crippen LogP contribution in [0.5, 0.6) is 0 Å². The SMILES string of the molecule is NCCC(=O)NCC1CCCCN1C(=O)CCc1ccc(Cl)cc1. The molecule has 2 amide bonds. The van der Waals surface area contributed by atoms with Gasteiger partial charge in [-0.3, -0.25) is 9.59 Å². The normalized spacial score (nSPS) is 17.6. The first kappa shape index (κ1) is 18.7. The molecule has 1 unspecified atom stereocenters. The van der Waals surface area contributed by atoms with Crippen molar-refractivity contribution in [3.63, 3.8) is 0 Å². The average molecular weight is 352 g/mol. The van der Waals surface area contributed by atoms with Gasteiger partial charge in [-0.15, -0.1) is 0 Å². The van der Waals surface area contributed by atoms with Crippen LogP contribution >= 0.6 is 11.6 Å². The number of halogens is 1. The predicted octanol–water partition coefficient (Wildman–Crippen LogP) is 2.12. The number of likely N-dealkylation sites (tertiary alicyclic amines) is 1. The fourth-order valence-corrected chi connectivity index (χ4v) is 3.16. The van der Waals surface area contributed by atoms with Gasteiger partial charge in [-0.2, -0.15) is 0 Å². The molecule has 1 aliphatic rings. The number of nitrogens with two attached hydrogens (primary N) is 1. The van der Waals surface area contributed by atoms with Crippen LogP contribution in [0.3, 0.4) is 0 Å². The van der Waals surface area contributed by atoms with E-state index in [1.165, 1.54) is 0 Å². The van der Waals surface area contributed by atoms with Gasteiger partial charge < -0.3 is 16.0 Å². The highest BCUT2D eigenvalue weighted by molar-refractivity contribution is 6.30. The summed E-state index contributed by atoms with van der Waals surface area (Å²) < 4.78 is 0. The monoisotopic (exact) mass is 351 g/mol. The second-order valence-corrected chi connectivity index (χ2v) is 6.64. The van der Waals surface area contributed by atoms with Crippen molar-refractivity contribution in [2.45, 2.75) is 44.6 Å². The highest BCUT2D eigenvalue weighted by Crippen LogP contribution is 2.19. The molecular formula is C18H26ClN3O2. The number of carbonyl (C=O) groups is 2. The quantitative estimate of drug-likeness (QED) is 0.790. The lowest BCUT2D eigenvalue weighted by atomic mass is 10.0. The summed E-state index contributed by atoms with van der Waals surface area (Å²) in [7, 11) is 0. The van der Waals surface area contributed by atoms with Gasteiger partial charge in [0.2, 0.25) is 11.8 Å². The molecule has 1 heterocycles. The van der Waals surface area contributed by atoms with Crippen LogP contribution in [0.1, 0.15) is 37.7 Å². The zero-order chi connectivity index (χ0) is 17.4. The van der Waals surface area contributed by atoms with E-state index < -0.39 is 0 Å². The Morgan fingerprint density at radius 3 is 2.67 bits per heavy atom.